The number of aromatic carboxylic acids is 1. The lowest BCUT2D eigenvalue weighted by Gasteiger charge is -2.09. The van der Waals surface area contributed by atoms with Crippen LogP contribution in [0.1, 0.15) is 16.2 Å². The molecule has 0 saturated heterocycles. The van der Waals surface area contributed by atoms with Crippen LogP contribution in [-0.2, 0) is 0 Å². The number of nitriles is 1. The molecular weight excluding hydrogens is 254 g/mol. The predicted molar refractivity (Wildman–Crippen MR) is 72.7 cm³/mol. The highest BCUT2D eigenvalue weighted by molar-refractivity contribution is 5.95. The van der Waals surface area contributed by atoms with E-state index < -0.39 is 5.97 Å². The number of pyridine rings is 1. The smallest absolute Gasteiger partial charge is 0.354 e. The van der Waals surface area contributed by atoms with Gasteiger partial charge in [-0.25, -0.2) is 9.78 Å². The number of carbonyl (C=O) groups is 1. The van der Waals surface area contributed by atoms with Crippen LogP contribution in [0.4, 0.5) is 0 Å². The fraction of sp³-hybridized carbons (Fsp3) is 0. The summed E-state index contributed by atoms with van der Waals surface area (Å²) in [4.78, 5) is 15.3. The number of aromatic nitrogens is 2. The number of rotatable bonds is 2. The van der Waals surface area contributed by atoms with Gasteiger partial charge in [0.05, 0.1) is 0 Å². The summed E-state index contributed by atoms with van der Waals surface area (Å²) >= 11 is 0. The number of nitrogens with zero attached hydrogens (tertiary/aromatic N) is 3. The highest BCUT2D eigenvalue weighted by Gasteiger charge is 2.13. The zero-order valence-electron chi connectivity index (χ0n) is 10.3. The zero-order chi connectivity index (χ0) is 14.1. The number of hydrogen-bond donors (Lipinski definition) is 1. The van der Waals surface area contributed by atoms with Gasteiger partial charge in [0.1, 0.15) is 17.6 Å². The molecule has 0 fully saturated rings. The maximum Gasteiger partial charge on any atom is 0.354 e. The molecule has 0 aliphatic heterocycles. The van der Waals surface area contributed by atoms with Gasteiger partial charge in [0.2, 0.25) is 0 Å². The van der Waals surface area contributed by atoms with E-state index in [2.05, 4.69) is 11.1 Å². The van der Waals surface area contributed by atoms with Crippen LogP contribution in [0.5, 0.6) is 0 Å². The van der Waals surface area contributed by atoms with Crippen molar-refractivity contribution in [3.8, 4) is 11.9 Å². The highest BCUT2D eigenvalue weighted by atomic mass is 16.4. The summed E-state index contributed by atoms with van der Waals surface area (Å²) in [5.74, 6) is -0.648. The van der Waals surface area contributed by atoms with Crippen LogP contribution in [0.3, 0.4) is 0 Å². The maximum atomic E-state index is 11.2. The Morgan fingerprint density at radius 3 is 2.80 bits per heavy atom. The van der Waals surface area contributed by atoms with E-state index in [1.807, 2.05) is 24.3 Å². The molecule has 0 saturated carbocycles. The summed E-state index contributed by atoms with van der Waals surface area (Å²) in [5, 5.41) is 19.8. The van der Waals surface area contributed by atoms with Gasteiger partial charge in [0.25, 0.3) is 0 Å². The lowest BCUT2D eigenvalue weighted by Crippen LogP contribution is -2.06. The van der Waals surface area contributed by atoms with Crippen LogP contribution in [-0.4, -0.2) is 20.6 Å². The Morgan fingerprint density at radius 1 is 1.25 bits per heavy atom. The summed E-state index contributed by atoms with van der Waals surface area (Å²) in [6, 6.07) is 14.3. The topological polar surface area (TPSA) is 78.9 Å². The van der Waals surface area contributed by atoms with Crippen molar-refractivity contribution in [2.75, 3.05) is 0 Å². The van der Waals surface area contributed by atoms with E-state index >= 15 is 0 Å². The molecule has 1 aromatic carbocycles. The Hall–Kier alpha value is -3.13. The SMILES string of the molecule is N#Cc1cccn1-c1nc(C(=O)O)cc2ccccc12. The van der Waals surface area contributed by atoms with Crippen molar-refractivity contribution >= 4 is 16.7 Å². The van der Waals surface area contributed by atoms with Crippen molar-refractivity contribution in [2.45, 2.75) is 0 Å². The Labute approximate surface area is 114 Å². The van der Waals surface area contributed by atoms with Crippen LogP contribution >= 0.6 is 0 Å². The van der Waals surface area contributed by atoms with Crippen molar-refractivity contribution < 1.29 is 9.90 Å². The van der Waals surface area contributed by atoms with Crippen LogP contribution in [0.15, 0.2) is 48.7 Å². The molecule has 0 aliphatic carbocycles. The average molecular weight is 263 g/mol. The van der Waals surface area contributed by atoms with E-state index in [0.717, 1.165) is 10.8 Å². The summed E-state index contributed by atoms with van der Waals surface area (Å²) < 4.78 is 1.59. The summed E-state index contributed by atoms with van der Waals surface area (Å²) in [7, 11) is 0. The first-order valence-electron chi connectivity index (χ1n) is 5.91. The molecule has 3 aromatic rings. The first-order chi connectivity index (χ1) is 9.70. The fourth-order valence-electron chi connectivity index (χ4n) is 2.13. The van der Waals surface area contributed by atoms with E-state index in [4.69, 9.17) is 10.4 Å². The Morgan fingerprint density at radius 2 is 2.05 bits per heavy atom. The average Bonchev–Trinajstić information content (AvgIpc) is 2.94. The summed E-state index contributed by atoms with van der Waals surface area (Å²) in [5.41, 5.74) is 0.362. The van der Waals surface area contributed by atoms with E-state index in [-0.39, 0.29) is 5.69 Å². The molecule has 0 amide bonds. The molecule has 3 rings (SSSR count). The first-order valence-corrected chi connectivity index (χ1v) is 5.91. The monoisotopic (exact) mass is 263 g/mol. The third-order valence-electron chi connectivity index (χ3n) is 3.03. The second-order valence-electron chi connectivity index (χ2n) is 4.23. The number of fused-ring (bicyclic) bond motifs is 1. The summed E-state index contributed by atoms with van der Waals surface area (Å²) in [6.07, 6.45) is 1.69. The van der Waals surface area contributed by atoms with E-state index in [1.54, 1.807) is 22.9 Å². The Balaban J connectivity index is 2.39. The largest absolute Gasteiger partial charge is 0.477 e. The Kier molecular flexibility index (Phi) is 2.70. The van der Waals surface area contributed by atoms with Crippen molar-refractivity contribution in [1.29, 1.82) is 5.26 Å². The molecule has 1 N–H and O–H groups in total. The van der Waals surface area contributed by atoms with Crippen LogP contribution in [0.25, 0.3) is 16.6 Å². The minimum atomic E-state index is -1.09. The first kappa shape index (κ1) is 11.9. The molecule has 20 heavy (non-hydrogen) atoms. The normalized spacial score (nSPS) is 10.3. The zero-order valence-corrected chi connectivity index (χ0v) is 10.3. The number of hydrogen-bond acceptors (Lipinski definition) is 3. The second kappa shape index (κ2) is 4.52. The molecular formula is C15H9N3O2. The quantitative estimate of drug-likeness (QED) is 0.770. The fourth-order valence-corrected chi connectivity index (χ4v) is 2.13. The minimum Gasteiger partial charge on any atom is -0.477 e. The van der Waals surface area contributed by atoms with Gasteiger partial charge in [0, 0.05) is 11.6 Å². The van der Waals surface area contributed by atoms with Crippen LogP contribution in [0.2, 0.25) is 0 Å². The molecule has 5 heteroatoms. The van der Waals surface area contributed by atoms with E-state index in [0.29, 0.717) is 11.5 Å². The van der Waals surface area contributed by atoms with Gasteiger partial charge in [-0.05, 0) is 23.6 Å². The molecule has 0 radical (unpaired) electrons. The highest BCUT2D eigenvalue weighted by Crippen LogP contribution is 2.23. The van der Waals surface area contributed by atoms with Crippen molar-refractivity contribution in [2.24, 2.45) is 0 Å². The number of benzene rings is 1. The van der Waals surface area contributed by atoms with E-state index in [1.165, 1.54) is 6.07 Å². The molecule has 0 atom stereocenters. The molecule has 96 valence electrons. The lowest BCUT2D eigenvalue weighted by atomic mass is 10.1. The Bertz CT molecular complexity index is 859. The lowest BCUT2D eigenvalue weighted by molar-refractivity contribution is 0.0690. The van der Waals surface area contributed by atoms with Gasteiger partial charge < -0.3 is 5.11 Å². The molecule has 2 aromatic heterocycles. The van der Waals surface area contributed by atoms with Gasteiger partial charge in [0.15, 0.2) is 5.69 Å². The van der Waals surface area contributed by atoms with E-state index in [9.17, 15) is 4.79 Å². The van der Waals surface area contributed by atoms with Crippen LogP contribution < -0.4 is 0 Å². The molecule has 5 nitrogen and oxygen atoms in total. The van der Waals surface area contributed by atoms with Gasteiger partial charge in [-0.2, -0.15) is 5.26 Å². The summed E-state index contributed by atoms with van der Waals surface area (Å²) in [6.45, 7) is 0. The number of carboxylic acid groups (broad SMARTS) is 1. The maximum absolute atomic E-state index is 11.2. The van der Waals surface area contributed by atoms with Crippen molar-refractivity contribution in [1.82, 2.24) is 9.55 Å². The minimum absolute atomic E-state index is 0.0451. The van der Waals surface area contributed by atoms with Gasteiger partial charge >= 0.3 is 5.97 Å². The van der Waals surface area contributed by atoms with Gasteiger partial charge in [-0.15, -0.1) is 0 Å². The number of carboxylic acids is 1. The third-order valence-corrected chi connectivity index (χ3v) is 3.03. The standard InChI is InChI=1S/C15H9N3O2/c16-9-11-5-3-7-18(11)14-12-6-2-1-4-10(12)8-13(17-14)15(19)20/h1-8H,(H,19,20). The van der Waals surface area contributed by atoms with Crippen LogP contribution in [0, 0.1) is 11.3 Å². The van der Waals surface area contributed by atoms with Gasteiger partial charge in [-0.1, -0.05) is 24.3 Å². The third kappa shape index (κ3) is 1.80. The molecule has 0 spiro atoms. The van der Waals surface area contributed by atoms with Crippen molar-refractivity contribution in [3.05, 3.63) is 60.0 Å². The van der Waals surface area contributed by atoms with Crippen molar-refractivity contribution in [3.63, 3.8) is 0 Å². The second-order valence-corrected chi connectivity index (χ2v) is 4.23. The molecule has 0 aliphatic rings. The molecule has 0 bridgehead atoms. The molecule has 0 unspecified atom stereocenters. The molecule has 2 heterocycles. The predicted octanol–water partition coefficient (Wildman–Crippen LogP) is 2.60. The van der Waals surface area contributed by atoms with Gasteiger partial charge in [-0.3, -0.25) is 4.57 Å².